The molecule has 12 nitrogen and oxygen atoms in total. The summed E-state index contributed by atoms with van der Waals surface area (Å²) >= 11 is 0. The summed E-state index contributed by atoms with van der Waals surface area (Å²) in [5.41, 5.74) is 11.2. The average molecular weight is 487 g/mol. The minimum atomic E-state index is -0.962. The Hall–Kier alpha value is -3.87. The van der Waals surface area contributed by atoms with E-state index in [1.54, 1.807) is 6.07 Å². The van der Waals surface area contributed by atoms with Crippen molar-refractivity contribution >= 4 is 28.4 Å². The molecule has 192 valence electrons. The number of nitrogen functional groups attached to an aromatic ring is 2. The molecule has 0 saturated heterocycles. The summed E-state index contributed by atoms with van der Waals surface area (Å²) in [6.07, 6.45) is 0. The van der Waals surface area contributed by atoms with Crippen molar-refractivity contribution in [3.8, 4) is 11.5 Å². The molecule has 34 heavy (non-hydrogen) atoms. The number of anilines is 3. The van der Waals surface area contributed by atoms with E-state index >= 15 is 0 Å². The van der Waals surface area contributed by atoms with Gasteiger partial charge in [0.15, 0.2) is 0 Å². The van der Waals surface area contributed by atoms with E-state index < -0.39 is 21.4 Å². The Morgan fingerprint density at radius 2 is 1.29 bits per heavy atom. The van der Waals surface area contributed by atoms with E-state index in [0.717, 1.165) is 18.7 Å². The zero-order valence-corrected chi connectivity index (χ0v) is 18.5. The average Bonchev–Trinajstić information content (AvgIpc) is 2.73. The molecule has 4 N–H and O–H groups in total. The number of ether oxygens (including phenoxy) is 2. The summed E-state index contributed by atoms with van der Waals surface area (Å²) in [6.45, 7) is 1.46. The maximum atomic E-state index is 12.9. The normalized spacial score (nSPS) is 9.62. The van der Waals surface area contributed by atoms with Gasteiger partial charge in [0.05, 0.1) is 35.4 Å². The van der Waals surface area contributed by atoms with Gasteiger partial charge in [-0.3, -0.25) is 20.2 Å². The summed E-state index contributed by atoms with van der Waals surface area (Å²) in [7, 11) is 8.50. The molecule has 0 aromatic heterocycles. The van der Waals surface area contributed by atoms with Gasteiger partial charge in [-0.2, -0.15) is 4.39 Å². The first-order valence-electron chi connectivity index (χ1n) is 9.18. The number of nitrogens with two attached hydrogens (primary N) is 2. The van der Waals surface area contributed by atoms with Crippen LogP contribution in [0.1, 0.15) is 14.9 Å². The van der Waals surface area contributed by atoms with Crippen LogP contribution >= 0.6 is 0 Å². The largest absolute Gasteiger partial charge is 0.495 e. The van der Waals surface area contributed by atoms with Crippen LogP contribution < -0.4 is 25.8 Å². The van der Waals surface area contributed by atoms with E-state index in [2.05, 4.69) is 4.74 Å². The second-order valence-electron chi connectivity index (χ2n) is 6.87. The number of hydrogen-bond acceptors (Lipinski definition) is 10. The molecule has 0 spiro atoms. The molecule has 0 fully saturated rings. The van der Waals surface area contributed by atoms with Crippen LogP contribution in [0.5, 0.6) is 11.5 Å². The summed E-state index contributed by atoms with van der Waals surface area (Å²) in [5.74, 6) is -0.434. The van der Waals surface area contributed by atoms with E-state index in [9.17, 15) is 24.6 Å². The van der Waals surface area contributed by atoms with Gasteiger partial charge >= 0.3 is 5.69 Å². The molecular formula is C21H35FN6O6. The molecular weight excluding hydrogens is 451 g/mol. The van der Waals surface area contributed by atoms with Gasteiger partial charge in [-0.1, -0.05) is 14.9 Å². The first kappa shape index (κ1) is 32.3. The molecule has 0 aliphatic heterocycles. The molecule has 0 aliphatic rings. The summed E-state index contributed by atoms with van der Waals surface area (Å²) < 4.78 is 22.7. The SMILES string of the molecule is C.C.COc1cc(F)c([N+](=O)[O-])cc1N.COc1cc(N(C)CCN(C)C)c([N+](=O)[O-])cc1N. The lowest BCUT2D eigenvalue weighted by molar-refractivity contribution is -0.387. The molecule has 0 radical (unpaired) electrons. The Morgan fingerprint density at radius 3 is 1.71 bits per heavy atom. The van der Waals surface area contributed by atoms with Crippen LogP contribution in [0.4, 0.5) is 32.8 Å². The Bertz CT molecular complexity index is 973. The molecule has 2 aromatic rings. The maximum absolute atomic E-state index is 12.9. The number of nitro benzene ring substituents is 2. The standard InChI is InChI=1S/C12H20N4O3.C7H7FN2O3.2CH4/c1-14(2)5-6-15(3)10-8-12(19-4)9(13)7-11(10)16(17)18;1-13-7-2-4(8)6(10(11)12)3-5(7)9;;/h7-8H,5-6,13H2,1-4H3;2-3H,9H2,1H3;2*1H4. The summed E-state index contributed by atoms with van der Waals surface area (Å²) in [5, 5.41) is 21.3. The van der Waals surface area contributed by atoms with Crippen LogP contribution in [0.2, 0.25) is 0 Å². The molecule has 2 rings (SSSR count). The molecule has 0 atom stereocenters. The van der Waals surface area contributed by atoms with E-state index in [4.69, 9.17) is 16.2 Å². The van der Waals surface area contributed by atoms with Gasteiger partial charge in [0.1, 0.15) is 17.2 Å². The molecule has 0 amide bonds. The summed E-state index contributed by atoms with van der Waals surface area (Å²) in [6, 6.07) is 4.74. The van der Waals surface area contributed by atoms with Gasteiger partial charge in [0.25, 0.3) is 5.69 Å². The number of nitrogens with zero attached hydrogens (tertiary/aromatic N) is 4. The van der Waals surface area contributed by atoms with Crippen LogP contribution in [-0.4, -0.2) is 63.2 Å². The van der Waals surface area contributed by atoms with Crippen LogP contribution in [0, 0.1) is 26.0 Å². The first-order chi connectivity index (χ1) is 14.9. The van der Waals surface area contributed by atoms with Crippen molar-refractivity contribution in [1.82, 2.24) is 4.90 Å². The van der Waals surface area contributed by atoms with Crippen molar-refractivity contribution in [3.05, 3.63) is 50.3 Å². The smallest absolute Gasteiger partial charge is 0.307 e. The van der Waals surface area contributed by atoms with Crippen molar-refractivity contribution in [2.24, 2.45) is 0 Å². The number of nitro groups is 2. The number of hydrogen-bond donors (Lipinski definition) is 2. The molecule has 0 saturated carbocycles. The monoisotopic (exact) mass is 486 g/mol. The van der Waals surface area contributed by atoms with E-state index in [0.29, 0.717) is 18.0 Å². The molecule has 2 aromatic carbocycles. The summed E-state index contributed by atoms with van der Waals surface area (Å²) in [4.78, 5) is 23.9. The highest BCUT2D eigenvalue weighted by Gasteiger charge is 2.20. The lowest BCUT2D eigenvalue weighted by atomic mass is 10.2. The fourth-order valence-electron chi connectivity index (χ4n) is 2.55. The number of methoxy groups -OCH3 is 2. The lowest BCUT2D eigenvalue weighted by Crippen LogP contribution is -2.28. The minimum absolute atomic E-state index is 0. The first-order valence-corrected chi connectivity index (χ1v) is 9.18. The fourth-order valence-corrected chi connectivity index (χ4v) is 2.55. The Labute approximate surface area is 199 Å². The van der Waals surface area contributed by atoms with Gasteiger partial charge < -0.3 is 30.7 Å². The Morgan fingerprint density at radius 1 is 0.853 bits per heavy atom. The highest BCUT2D eigenvalue weighted by Crippen LogP contribution is 2.36. The van der Waals surface area contributed by atoms with Crippen molar-refractivity contribution in [3.63, 3.8) is 0 Å². The molecule has 0 aliphatic carbocycles. The fraction of sp³-hybridized carbons (Fsp3) is 0.429. The van der Waals surface area contributed by atoms with E-state index in [-0.39, 0.29) is 37.7 Å². The van der Waals surface area contributed by atoms with Gasteiger partial charge in [-0.15, -0.1) is 0 Å². The number of rotatable bonds is 8. The Kier molecular flexibility index (Phi) is 13.6. The molecule has 0 unspecified atom stereocenters. The number of likely N-dealkylation sites (N-methyl/N-ethyl adjacent to an activating group) is 2. The maximum Gasteiger partial charge on any atom is 0.307 e. The van der Waals surface area contributed by atoms with Crippen molar-refractivity contribution in [2.45, 2.75) is 14.9 Å². The van der Waals surface area contributed by atoms with Gasteiger partial charge in [0.2, 0.25) is 5.82 Å². The molecule has 0 bridgehead atoms. The molecule has 13 heteroatoms. The van der Waals surface area contributed by atoms with Crippen LogP contribution in [0.3, 0.4) is 0 Å². The quantitative estimate of drug-likeness (QED) is 0.319. The zero-order valence-electron chi connectivity index (χ0n) is 18.5. The van der Waals surface area contributed by atoms with Crippen LogP contribution in [0.25, 0.3) is 0 Å². The number of benzene rings is 2. The highest BCUT2D eigenvalue weighted by molar-refractivity contribution is 5.73. The topological polar surface area (TPSA) is 163 Å². The van der Waals surface area contributed by atoms with Crippen molar-refractivity contribution < 1.29 is 23.7 Å². The minimum Gasteiger partial charge on any atom is -0.495 e. The highest BCUT2D eigenvalue weighted by atomic mass is 19.1. The van der Waals surface area contributed by atoms with Crippen LogP contribution in [-0.2, 0) is 0 Å². The second kappa shape index (κ2) is 14.3. The zero-order chi connectivity index (χ0) is 24.6. The second-order valence-corrected chi connectivity index (χ2v) is 6.87. The molecule has 0 heterocycles. The predicted molar refractivity (Wildman–Crippen MR) is 133 cm³/mol. The Balaban J connectivity index is 0. The van der Waals surface area contributed by atoms with E-state index in [1.807, 2.05) is 30.9 Å². The van der Waals surface area contributed by atoms with Gasteiger partial charge in [-0.25, -0.2) is 0 Å². The van der Waals surface area contributed by atoms with Gasteiger partial charge in [0, 0.05) is 44.4 Å². The van der Waals surface area contributed by atoms with Crippen LogP contribution in [0.15, 0.2) is 24.3 Å². The lowest BCUT2D eigenvalue weighted by Gasteiger charge is -2.22. The third kappa shape index (κ3) is 8.58. The van der Waals surface area contributed by atoms with Crippen molar-refractivity contribution in [2.75, 3.05) is 64.8 Å². The van der Waals surface area contributed by atoms with E-state index in [1.165, 1.54) is 20.3 Å². The number of halogens is 1. The predicted octanol–water partition coefficient (Wildman–Crippen LogP) is 3.78. The van der Waals surface area contributed by atoms with Crippen molar-refractivity contribution in [1.29, 1.82) is 0 Å². The third-order valence-electron chi connectivity index (χ3n) is 4.31. The van der Waals surface area contributed by atoms with Gasteiger partial charge in [-0.05, 0) is 14.1 Å². The third-order valence-corrected chi connectivity index (χ3v) is 4.31.